The number of carbonyl (C=O) groups excluding carboxylic acids is 1. The summed E-state index contributed by atoms with van der Waals surface area (Å²) in [5.41, 5.74) is 4.75. The zero-order valence-corrected chi connectivity index (χ0v) is 16.1. The molecule has 0 atom stereocenters. The molecular formula is C21H27NO2S. The van der Waals surface area contributed by atoms with E-state index in [1.165, 1.54) is 11.1 Å². The monoisotopic (exact) mass is 357 g/mol. The van der Waals surface area contributed by atoms with Crippen molar-refractivity contribution < 1.29 is 9.53 Å². The molecular weight excluding hydrogens is 330 g/mol. The molecule has 0 aromatic heterocycles. The fourth-order valence-electron chi connectivity index (χ4n) is 2.32. The van der Waals surface area contributed by atoms with Crippen molar-refractivity contribution in [1.29, 1.82) is 0 Å². The molecule has 0 bridgehead atoms. The van der Waals surface area contributed by atoms with Crippen LogP contribution in [0.5, 0.6) is 0 Å². The Morgan fingerprint density at radius 1 is 1.08 bits per heavy atom. The van der Waals surface area contributed by atoms with Crippen LogP contribution in [0.2, 0.25) is 0 Å². The van der Waals surface area contributed by atoms with E-state index in [0.29, 0.717) is 18.9 Å². The van der Waals surface area contributed by atoms with Gasteiger partial charge in [-0.05, 0) is 37.5 Å². The van der Waals surface area contributed by atoms with Gasteiger partial charge in [0.15, 0.2) is 0 Å². The van der Waals surface area contributed by atoms with Gasteiger partial charge in [0.2, 0.25) is 5.91 Å². The smallest absolute Gasteiger partial charge is 0.230 e. The first-order valence-electron chi connectivity index (χ1n) is 8.63. The molecule has 0 unspecified atom stereocenters. The normalized spacial score (nSPS) is 10.9. The number of hydrogen-bond acceptors (Lipinski definition) is 3. The zero-order valence-electron chi connectivity index (χ0n) is 15.2. The highest BCUT2D eigenvalue weighted by Crippen LogP contribution is 2.14. The molecule has 0 aliphatic heterocycles. The summed E-state index contributed by atoms with van der Waals surface area (Å²) in [5, 5.41) is 3.01. The molecule has 1 N–H and O–H groups in total. The minimum absolute atomic E-state index is 0.0664. The number of rotatable bonds is 9. The molecule has 0 aliphatic carbocycles. The third kappa shape index (κ3) is 7.32. The van der Waals surface area contributed by atoms with Gasteiger partial charge in [-0.1, -0.05) is 54.1 Å². The lowest BCUT2D eigenvalue weighted by molar-refractivity contribution is -0.118. The standard InChI is InChI=1S/C21H27NO2S/c1-16(2)24-13-20-7-5-4-6-19(20)12-22-21(23)15-25-14-18-10-8-17(3)9-11-18/h4-11,16H,12-15H2,1-3H3,(H,22,23). The minimum Gasteiger partial charge on any atom is -0.374 e. The first-order chi connectivity index (χ1) is 12.0. The van der Waals surface area contributed by atoms with Gasteiger partial charge >= 0.3 is 0 Å². The molecule has 4 heteroatoms. The quantitative estimate of drug-likeness (QED) is 0.719. The van der Waals surface area contributed by atoms with Crippen LogP contribution in [-0.2, 0) is 28.4 Å². The van der Waals surface area contributed by atoms with Crippen LogP contribution in [-0.4, -0.2) is 17.8 Å². The Hall–Kier alpha value is -1.78. The molecule has 2 aromatic carbocycles. The van der Waals surface area contributed by atoms with Gasteiger partial charge in [-0.2, -0.15) is 0 Å². The van der Waals surface area contributed by atoms with E-state index >= 15 is 0 Å². The summed E-state index contributed by atoms with van der Waals surface area (Å²) in [6, 6.07) is 16.5. The Morgan fingerprint density at radius 2 is 1.76 bits per heavy atom. The number of nitrogens with one attached hydrogen (secondary N) is 1. The van der Waals surface area contributed by atoms with Gasteiger partial charge in [0.05, 0.1) is 18.5 Å². The lowest BCUT2D eigenvalue weighted by Crippen LogP contribution is -2.25. The van der Waals surface area contributed by atoms with E-state index in [9.17, 15) is 4.79 Å². The second-order valence-corrected chi connectivity index (χ2v) is 7.37. The number of thioether (sulfide) groups is 1. The number of aryl methyl sites for hydroxylation is 1. The second kappa shape index (κ2) is 10.3. The van der Waals surface area contributed by atoms with E-state index < -0.39 is 0 Å². The molecule has 0 aliphatic rings. The van der Waals surface area contributed by atoms with E-state index in [1.807, 2.05) is 32.0 Å². The van der Waals surface area contributed by atoms with Gasteiger partial charge in [0.1, 0.15) is 0 Å². The Balaban J connectivity index is 1.75. The molecule has 134 valence electrons. The van der Waals surface area contributed by atoms with Crippen LogP contribution in [0.4, 0.5) is 0 Å². The van der Waals surface area contributed by atoms with Gasteiger partial charge in [-0.3, -0.25) is 4.79 Å². The average Bonchev–Trinajstić information content (AvgIpc) is 2.60. The van der Waals surface area contributed by atoms with E-state index in [0.717, 1.165) is 16.9 Å². The Kier molecular flexibility index (Phi) is 8.02. The first kappa shape index (κ1) is 19.5. The van der Waals surface area contributed by atoms with Crippen LogP contribution in [0.1, 0.15) is 36.1 Å². The summed E-state index contributed by atoms with van der Waals surface area (Å²) in [6.45, 7) is 7.24. The molecule has 3 nitrogen and oxygen atoms in total. The number of benzene rings is 2. The lowest BCUT2D eigenvalue weighted by atomic mass is 10.1. The van der Waals surface area contributed by atoms with Gasteiger partial charge < -0.3 is 10.1 Å². The number of hydrogen-bond donors (Lipinski definition) is 1. The fourth-order valence-corrected chi connectivity index (χ4v) is 3.14. The van der Waals surface area contributed by atoms with Crippen LogP contribution in [0.25, 0.3) is 0 Å². The Morgan fingerprint density at radius 3 is 2.44 bits per heavy atom. The first-order valence-corrected chi connectivity index (χ1v) is 9.78. The molecule has 0 saturated carbocycles. The van der Waals surface area contributed by atoms with E-state index in [1.54, 1.807) is 11.8 Å². The van der Waals surface area contributed by atoms with Crippen LogP contribution in [0, 0.1) is 6.92 Å². The maximum Gasteiger partial charge on any atom is 0.230 e. The van der Waals surface area contributed by atoms with Gasteiger partial charge in [-0.25, -0.2) is 0 Å². The highest BCUT2D eigenvalue weighted by Gasteiger charge is 2.06. The fraction of sp³-hybridized carbons (Fsp3) is 0.381. The summed E-state index contributed by atoms with van der Waals surface area (Å²) >= 11 is 1.64. The van der Waals surface area contributed by atoms with Crippen molar-refractivity contribution in [1.82, 2.24) is 5.32 Å². The van der Waals surface area contributed by atoms with E-state index in [4.69, 9.17) is 4.74 Å². The summed E-state index contributed by atoms with van der Waals surface area (Å²) in [7, 11) is 0. The maximum absolute atomic E-state index is 12.1. The summed E-state index contributed by atoms with van der Waals surface area (Å²) < 4.78 is 5.68. The number of amides is 1. The Bertz CT molecular complexity index is 668. The van der Waals surface area contributed by atoms with Crippen molar-refractivity contribution in [3.63, 3.8) is 0 Å². The molecule has 0 saturated heterocycles. The molecule has 2 rings (SSSR count). The molecule has 0 fully saturated rings. The van der Waals surface area contributed by atoms with E-state index in [-0.39, 0.29) is 12.0 Å². The molecule has 2 aromatic rings. The third-order valence-electron chi connectivity index (χ3n) is 3.79. The Labute approximate surface area is 155 Å². The highest BCUT2D eigenvalue weighted by molar-refractivity contribution is 7.99. The topological polar surface area (TPSA) is 38.3 Å². The zero-order chi connectivity index (χ0) is 18.1. The van der Waals surface area contributed by atoms with Gasteiger partial charge in [0, 0.05) is 12.3 Å². The maximum atomic E-state index is 12.1. The van der Waals surface area contributed by atoms with Crippen LogP contribution >= 0.6 is 11.8 Å². The minimum atomic E-state index is 0.0664. The van der Waals surface area contributed by atoms with Crippen LogP contribution in [0.3, 0.4) is 0 Å². The van der Waals surface area contributed by atoms with Crippen molar-refractivity contribution in [2.45, 2.75) is 45.8 Å². The molecule has 0 heterocycles. The second-order valence-electron chi connectivity index (χ2n) is 6.38. The SMILES string of the molecule is Cc1ccc(CSCC(=O)NCc2ccccc2COC(C)C)cc1. The van der Waals surface area contributed by atoms with Crippen molar-refractivity contribution in [2.75, 3.05) is 5.75 Å². The molecule has 0 spiro atoms. The van der Waals surface area contributed by atoms with Crippen molar-refractivity contribution >= 4 is 17.7 Å². The lowest BCUT2D eigenvalue weighted by Gasteiger charge is -2.13. The predicted octanol–water partition coefficient (Wildman–Crippen LogP) is 4.47. The van der Waals surface area contributed by atoms with Gasteiger partial charge in [-0.15, -0.1) is 11.8 Å². The van der Waals surface area contributed by atoms with Crippen molar-refractivity contribution in [3.05, 3.63) is 70.8 Å². The number of carbonyl (C=O) groups is 1. The van der Waals surface area contributed by atoms with Crippen molar-refractivity contribution in [3.8, 4) is 0 Å². The van der Waals surface area contributed by atoms with E-state index in [2.05, 4.69) is 42.6 Å². The molecule has 25 heavy (non-hydrogen) atoms. The predicted molar refractivity (Wildman–Crippen MR) is 106 cm³/mol. The van der Waals surface area contributed by atoms with Crippen LogP contribution in [0.15, 0.2) is 48.5 Å². The largest absolute Gasteiger partial charge is 0.374 e. The highest BCUT2D eigenvalue weighted by atomic mass is 32.2. The summed E-state index contributed by atoms with van der Waals surface area (Å²) in [5.74, 6) is 1.39. The average molecular weight is 358 g/mol. The van der Waals surface area contributed by atoms with Gasteiger partial charge in [0.25, 0.3) is 0 Å². The third-order valence-corrected chi connectivity index (χ3v) is 4.79. The summed E-state index contributed by atoms with van der Waals surface area (Å²) in [4.78, 5) is 12.1. The summed E-state index contributed by atoms with van der Waals surface area (Å²) in [6.07, 6.45) is 0.195. The number of ether oxygens (including phenoxy) is 1. The van der Waals surface area contributed by atoms with Crippen LogP contribution < -0.4 is 5.32 Å². The van der Waals surface area contributed by atoms with Crippen molar-refractivity contribution in [2.24, 2.45) is 0 Å². The molecule has 0 radical (unpaired) electrons. The molecule has 1 amide bonds.